The fourth-order valence-corrected chi connectivity index (χ4v) is 0.796. The molecule has 5 nitrogen and oxygen atoms in total. The van der Waals surface area contributed by atoms with Crippen LogP contribution in [0.15, 0.2) is 18.2 Å². The van der Waals surface area contributed by atoms with Gasteiger partial charge in [-0.15, -0.1) is 0 Å². The lowest BCUT2D eigenvalue weighted by molar-refractivity contribution is 0.0703. The Labute approximate surface area is 68.4 Å². The Morgan fingerprint density at radius 2 is 2.17 bits per heavy atom. The van der Waals surface area contributed by atoms with Crippen molar-refractivity contribution in [2.45, 2.75) is 0 Å². The first kappa shape index (κ1) is 8.35. The van der Waals surface area contributed by atoms with Crippen LogP contribution < -0.4 is 11.2 Å². The van der Waals surface area contributed by atoms with Crippen LogP contribution in [0.5, 0.6) is 5.75 Å². The van der Waals surface area contributed by atoms with E-state index in [9.17, 15) is 4.79 Å². The standard InChI is InChI=1S/C7H8N2O3/c8-4-1-2-6(10)5(3-4)7(11)9-12/h1-3,10,12H,8H2,(H,9,11). The van der Waals surface area contributed by atoms with E-state index in [-0.39, 0.29) is 11.3 Å². The lowest BCUT2D eigenvalue weighted by atomic mass is 10.2. The summed E-state index contributed by atoms with van der Waals surface area (Å²) in [6.07, 6.45) is 0. The van der Waals surface area contributed by atoms with Crippen molar-refractivity contribution in [3.63, 3.8) is 0 Å². The number of benzene rings is 1. The van der Waals surface area contributed by atoms with Gasteiger partial charge in [0.25, 0.3) is 5.91 Å². The number of aromatic hydroxyl groups is 1. The Balaban J connectivity index is 3.13. The molecule has 5 heteroatoms. The van der Waals surface area contributed by atoms with Crippen molar-refractivity contribution in [2.24, 2.45) is 0 Å². The molecule has 0 saturated heterocycles. The minimum absolute atomic E-state index is 0.0579. The fraction of sp³-hybridized carbons (Fsp3) is 0. The maximum Gasteiger partial charge on any atom is 0.278 e. The van der Waals surface area contributed by atoms with Gasteiger partial charge >= 0.3 is 0 Å². The fourth-order valence-electron chi connectivity index (χ4n) is 0.796. The monoisotopic (exact) mass is 168 g/mol. The number of hydroxylamine groups is 1. The highest BCUT2D eigenvalue weighted by Gasteiger charge is 2.09. The Kier molecular flexibility index (Phi) is 2.16. The minimum atomic E-state index is -0.792. The van der Waals surface area contributed by atoms with Crippen molar-refractivity contribution >= 4 is 11.6 Å². The average Bonchev–Trinajstić information content (AvgIpc) is 2.08. The van der Waals surface area contributed by atoms with E-state index in [4.69, 9.17) is 16.0 Å². The van der Waals surface area contributed by atoms with Crippen LogP contribution in [0, 0.1) is 0 Å². The quantitative estimate of drug-likeness (QED) is 0.207. The topological polar surface area (TPSA) is 95.6 Å². The second-order valence-electron chi connectivity index (χ2n) is 2.22. The molecule has 1 aromatic rings. The maximum atomic E-state index is 10.8. The number of rotatable bonds is 1. The smallest absolute Gasteiger partial charge is 0.278 e. The van der Waals surface area contributed by atoms with Crippen LogP contribution in [0.25, 0.3) is 0 Å². The Morgan fingerprint density at radius 3 is 2.75 bits per heavy atom. The average molecular weight is 168 g/mol. The Bertz CT molecular complexity index is 312. The number of hydrogen-bond acceptors (Lipinski definition) is 4. The van der Waals surface area contributed by atoms with Gasteiger partial charge in [0.2, 0.25) is 0 Å². The lowest BCUT2D eigenvalue weighted by Gasteiger charge is -2.02. The molecule has 12 heavy (non-hydrogen) atoms. The number of anilines is 1. The Hall–Kier alpha value is -1.75. The molecule has 0 saturated carbocycles. The van der Waals surface area contributed by atoms with Gasteiger partial charge < -0.3 is 10.8 Å². The van der Waals surface area contributed by atoms with Gasteiger partial charge in [-0.1, -0.05) is 0 Å². The summed E-state index contributed by atoms with van der Waals surface area (Å²) in [5.74, 6) is -1.02. The van der Waals surface area contributed by atoms with Crippen LogP contribution in [0.4, 0.5) is 5.69 Å². The van der Waals surface area contributed by atoms with E-state index in [1.165, 1.54) is 23.7 Å². The largest absolute Gasteiger partial charge is 0.507 e. The van der Waals surface area contributed by atoms with E-state index in [0.29, 0.717) is 5.69 Å². The molecule has 5 N–H and O–H groups in total. The van der Waals surface area contributed by atoms with Crippen molar-refractivity contribution < 1.29 is 15.1 Å². The number of hydrogen-bond donors (Lipinski definition) is 4. The molecule has 0 aromatic heterocycles. The van der Waals surface area contributed by atoms with Gasteiger partial charge in [-0.25, -0.2) is 5.48 Å². The third-order valence-corrected chi connectivity index (χ3v) is 1.37. The van der Waals surface area contributed by atoms with Crippen molar-refractivity contribution in [1.29, 1.82) is 0 Å². The van der Waals surface area contributed by atoms with Gasteiger partial charge in [0.15, 0.2) is 0 Å². The summed E-state index contributed by atoms with van der Waals surface area (Å²) in [5.41, 5.74) is 7.02. The number of nitrogens with two attached hydrogens (primary N) is 1. The summed E-state index contributed by atoms with van der Waals surface area (Å²) in [5, 5.41) is 17.4. The summed E-state index contributed by atoms with van der Waals surface area (Å²) >= 11 is 0. The molecule has 1 rings (SSSR count). The van der Waals surface area contributed by atoms with E-state index < -0.39 is 5.91 Å². The second-order valence-corrected chi connectivity index (χ2v) is 2.22. The van der Waals surface area contributed by atoms with Crippen LogP contribution in [0.1, 0.15) is 10.4 Å². The van der Waals surface area contributed by atoms with Crippen LogP contribution >= 0.6 is 0 Å². The van der Waals surface area contributed by atoms with E-state index in [1.807, 2.05) is 0 Å². The number of nitrogen functional groups attached to an aromatic ring is 1. The number of nitrogens with one attached hydrogen (secondary N) is 1. The first-order valence-corrected chi connectivity index (χ1v) is 3.18. The zero-order valence-corrected chi connectivity index (χ0v) is 6.11. The Morgan fingerprint density at radius 1 is 1.50 bits per heavy atom. The van der Waals surface area contributed by atoms with Gasteiger partial charge in [0.1, 0.15) is 5.75 Å². The SMILES string of the molecule is Nc1ccc(O)c(C(=O)NO)c1. The van der Waals surface area contributed by atoms with E-state index >= 15 is 0 Å². The molecule has 0 atom stereocenters. The van der Waals surface area contributed by atoms with E-state index in [1.54, 1.807) is 0 Å². The molecular formula is C7H8N2O3. The van der Waals surface area contributed by atoms with E-state index in [2.05, 4.69) is 0 Å². The zero-order chi connectivity index (χ0) is 9.14. The third kappa shape index (κ3) is 1.46. The molecule has 0 heterocycles. The lowest BCUT2D eigenvalue weighted by Crippen LogP contribution is -2.18. The number of amides is 1. The summed E-state index contributed by atoms with van der Waals surface area (Å²) in [7, 11) is 0. The predicted octanol–water partition coefficient (Wildman–Crippen LogP) is 0.0934. The summed E-state index contributed by atoms with van der Waals surface area (Å²) in [4.78, 5) is 10.8. The highest BCUT2D eigenvalue weighted by molar-refractivity contribution is 5.96. The van der Waals surface area contributed by atoms with Crippen LogP contribution in [-0.2, 0) is 0 Å². The van der Waals surface area contributed by atoms with Crippen molar-refractivity contribution in [3.05, 3.63) is 23.8 Å². The van der Waals surface area contributed by atoms with Gasteiger partial charge in [-0.2, -0.15) is 0 Å². The molecule has 0 fully saturated rings. The van der Waals surface area contributed by atoms with Crippen LogP contribution in [0.3, 0.4) is 0 Å². The predicted molar refractivity (Wildman–Crippen MR) is 41.8 cm³/mol. The molecular weight excluding hydrogens is 160 g/mol. The van der Waals surface area contributed by atoms with Crippen LogP contribution in [-0.4, -0.2) is 16.2 Å². The molecule has 1 aromatic carbocycles. The molecule has 0 radical (unpaired) electrons. The van der Waals surface area contributed by atoms with Crippen molar-refractivity contribution in [2.75, 3.05) is 5.73 Å². The van der Waals surface area contributed by atoms with E-state index in [0.717, 1.165) is 0 Å². The molecule has 0 unspecified atom stereocenters. The molecule has 64 valence electrons. The number of phenols is 1. The third-order valence-electron chi connectivity index (χ3n) is 1.37. The second kappa shape index (κ2) is 3.10. The number of phenolic OH excluding ortho intramolecular Hbond substituents is 1. The molecule has 0 bridgehead atoms. The molecule has 0 aliphatic carbocycles. The molecule has 0 aliphatic heterocycles. The van der Waals surface area contributed by atoms with Crippen LogP contribution in [0.2, 0.25) is 0 Å². The highest BCUT2D eigenvalue weighted by atomic mass is 16.5. The highest BCUT2D eigenvalue weighted by Crippen LogP contribution is 2.18. The minimum Gasteiger partial charge on any atom is -0.507 e. The molecule has 1 amide bonds. The first-order chi connectivity index (χ1) is 5.65. The maximum absolute atomic E-state index is 10.8. The van der Waals surface area contributed by atoms with Gasteiger partial charge in [0.05, 0.1) is 5.56 Å². The molecule has 0 aliphatic rings. The normalized spacial score (nSPS) is 9.42. The van der Waals surface area contributed by atoms with Gasteiger partial charge in [-0.3, -0.25) is 10.0 Å². The summed E-state index contributed by atoms with van der Waals surface area (Å²) in [6.45, 7) is 0. The van der Waals surface area contributed by atoms with Crippen molar-refractivity contribution in [3.8, 4) is 5.75 Å². The molecule has 0 spiro atoms. The summed E-state index contributed by atoms with van der Waals surface area (Å²) in [6, 6.07) is 3.99. The van der Waals surface area contributed by atoms with Crippen molar-refractivity contribution in [1.82, 2.24) is 5.48 Å². The van der Waals surface area contributed by atoms with Gasteiger partial charge in [0, 0.05) is 5.69 Å². The van der Waals surface area contributed by atoms with Gasteiger partial charge in [-0.05, 0) is 18.2 Å². The number of carbonyl (C=O) groups excluding carboxylic acids is 1. The first-order valence-electron chi connectivity index (χ1n) is 3.18. The number of carbonyl (C=O) groups is 1. The zero-order valence-electron chi connectivity index (χ0n) is 6.11. The summed E-state index contributed by atoms with van der Waals surface area (Å²) < 4.78 is 0.